The first-order chi connectivity index (χ1) is 11.3. The zero-order valence-corrected chi connectivity index (χ0v) is 15.3. The maximum Gasteiger partial charge on any atom is 0.221 e. The van der Waals surface area contributed by atoms with Crippen molar-refractivity contribution in [1.29, 1.82) is 0 Å². The van der Waals surface area contributed by atoms with Crippen molar-refractivity contribution in [3.05, 3.63) is 64.1 Å². The number of hydrogen-bond acceptors (Lipinski definition) is 3. The molecule has 0 bridgehead atoms. The molecular formula is C17H17Cl2NO3S. The van der Waals surface area contributed by atoms with Crippen molar-refractivity contribution >= 4 is 38.9 Å². The van der Waals surface area contributed by atoms with Crippen LogP contribution >= 0.6 is 23.2 Å². The molecule has 2 aromatic rings. The Morgan fingerprint density at radius 1 is 1.08 bits per heavy atom. The molecule has 2 aromatic carbocycles. The summed E-state index contributed by atoms with van der Waals surface area (Å²) in [6, 6.07) is 12.8. The largest absolute Gasteiger partial charge is 0.350 e. The van der Waals surface area contributed by atoms with Crippen LogP contribution in [0, 0.1) is 0 Å². The minimum absolute atomic E-state index is 0.125. The van der Waals surface area contributed by atoms with E-state index in [0.29, 0.717) is 10.0 Å². The summed E-state index contributed by atoms with van der Waals surface area (Å²) in [4.78, 5) is 12.2. The number of hydrogen-bond donors (Lipinski definition) is 1. The van der Waals surface area contributed by atoms with Gasteiger partial charge in [-0.25, -0.2) is 8.42 Å². The zero-order chi connectivity index (χ0) is 17.7. The molecule has 0 fully saturated rings. The van der Waals surface area contributed by atoms with E-state index < -0.39 is 9.84 Å². The van der Waals surface area contributed by atoms with E-state index in [9.17, 15) is 13.2 Å². The summed E-state index contributed by atoms with van der Waals surface area (Å²) in [5.41, 5.74) is 0.785. The van der Waals surface area contributed by atoms with Gasteiger partial charge < -0.3 is 5.32 Å². The highest BCUT2D eigenvalue weighted by molar-refractivity contribution is 7.91. The molecular weight excluding hydrogens is 369 g/mol. The fraction of sp³-hybridized carbons (Fsp3) is 0.235. The third-order valence-electron chi connectivity index (χ3n) is 3.52. The smallest absolute Gasteiger partial charge is 0.221 e. The molecule has 1 atom stereocenters. The van der Waals surface area contributed by atoms with Gasteiger partial charge in [0.25, 0.3) is 0 Å². The molecule has 1 unspecified atom stereocenters. The van der Waals surface area contributed by atoms with Crippen LogP contribution in [0.15, 0.2) is 53.4 Å². The first-order valence-corrected chi connectivity index (χ1v) is 9.72. The van der Waals surface area contributed by atoms with Gasteiger partial charge in [-0.1, -0.05) is 41.4 Å². The number of carbonyl (C=O) groups is 1. The molecule has 24 heavy (non-hydrogen) atoms. The second kappa shape index (κ2) is 8.01. The molecule has 128 valence electrons. The highest BCUT2D eigenvalue weighted by Crippen LogP contribution is 2.22. The Balaban J connectivity index is 1.95. The predicted molar refractivity (Wildman–Crippen MR) is 96.1 cm³/mol. The SMILES string of the molecule is CC(NC(=O)CCS(=O)(=O)c1ccc(Cl)cc1)c1ccccc1Cl. The lowest BCUT2D eigenvalue weighted by Gasteiger charge is -2.15. The van der Waals surface area contributed by atoms with Gasteiger partial charge in [0.15, 0.2) is 9.84 Å². The lowest BCUT2D eigenvalue weighted by atomic mass is 10.1. The average Bonchev–Trinajstić information content (AvgIpc) is 2.54. The maximum atomic E-state index is 12.2. The van der Waals surface area contributed by atoms with Crippen molar-refractivity contribution in [1.82, 2.24) is 5.32 Å². The van der Waals surface area contributed by atoms with Crippen molar-refractivity contribution in [2.75, 3.05) is 5.75 Å². The van der Waals surface area contributed by atoms with Gasteiger partial charge in [-0.15, -0.1) is 0 Å². The monoisotopic (exact) mass is 385 g/mol. The van der Waals surface area contributed by atoms with Gasteiger partial charge >= 0.3 is 0 Å². The highest BCUT2D eigenvalue weighted by atomic mass is 35.5. The molecule has 4 nitrogen and oxygen atoms in total. The van der Waals surface area contributed by atoms with Crippen molar-refractivity contribution in [3.63, 3.8) is 0 Å². The van der Waals surface area contributed by atoms with E-state index in [1.54, 1.807) is 19.1 Å². The number of amides is 1. The van der Waals surface area contributed by atoms with Crippen molar-refractivity contribution in [2.45, 2.75) is 24.3 Å². The number of rotatable bonds is 6. The lowest BCUT2D eigenvalue weighted by molar-refractivity contribution is -0.121. The predicted octanol–water partition coefficient (Wildman–Crippen LogP) is 4.03. The minimum atomic E-state index is -3.53. The van der Waals surface area contributed by atoms with E-state index in [4.69, 9.17) is 23.2 Å². The summed E-state index contributed by atoms with van der Waals surface area (Å²) in [5.74, 6) is -0.615. The Morgan fingerprint density at radius 2 is 1.71 bits per heavy atom. The second-order valence-electron chi connectivity index (χ2n) is 5.33. The van der Waals surface area contributed by atoms with Gasteiger partial charge in [0.05, 0.1) is 16.7 Å². The summed E-state index contributed by atoms with van der Waals surface area (Å²) in [5, 5.41) is 3.77. The van der Waals surface area contributed by atoms with Gasteiger partial charge in [0.2, 0.25) is 5.91 Å². The van der Waals surface area contributed by atoms with Crippen LogP contribution < -0.4 is 5.32 Å². The third kappa shape index (κ3) is 4.97. The zero-order valence-electron chi connectivity index (χ0n) is 13.0. The van der Waals surface area contributed by atoms with Gasteiger partial charge in [-0.05, 0) is 42.8 Å². The average molecular weight is 386 g/mol. The van der Waals surface area contributed by atoms with Crippen LogP contribution in [-0.2, 0) is 14.6 Å². The van der Waals surface area contributed by atoms with E-state index in [2.05, 4.69) is 5.32 Å². The first kappa shape index (κ1) is 18.8. The normalized spacial score (nSPS) is 12.6. The maximum absolute atomic E-state index is 12.2. The number of sulfone groups is 1. The number of nitrogens with one attached hydrogen (secondary N) is 1. The van der Waals surface area contributed by atoms with Crippen molar-refractivity contribution in [3.8, 4) is 0 Å². The number of benzene rings is 2. The summed E-state index contributed by atoms with van der Waals surface area (Å²) in [6.07, 6.45) is -0.125. The van der Waals surface area contributed by atoms with Gasteiger partial charge in [0, 0.05) is 16.5 Å². The number of carbonyl (C=O) groups excluding carboxylic acids is 1. The molecule has 0 aromatic heterocycles. The molecule has 0 heterocycles. The van der Waals surface area contributed by atoms with Crippen LogP contribution in [0.2, 0.25) is 10.0 Å². The highest BCUT2D eigenvalue weighted by Gasteiger charge is 2.18. The van der Waals surface area contributed by atoms with Gasteiger partial charge in [0.1, 0.15) is 0 Å². The van der Waals surface area contributed by atoms with E-state index in [-0.39, 0.29) is 29.0 Å². The Morgan fingerprint density at radius 3 is 2.33 bits per heavy atom. The van der Waals surface area contributed by atoms with Crippen molar-refractivity contribution in [2.24, 2.45) is 0 Å². The quantitative estimate of drug-likeness (QED) is 0.815. The molecule has 0 aliphatic rings. The lowest BCUT2D eigenvalue weighted by Crippen LogP contribution is -2.28. The first-order valence-electron chi connectivity index (χ1n) is 7.32. The van der Waals surface area contributed by atoms with Crippen molar-refractivity contribution < 1.29 is 13.2 Å². The molecule has 2 rings (SSSR count). The summed E-state index contributed by atoms with van der Waals surface area (Å²) < 4.78 is 24.4. The Labute approximate surface area is 151 Å². The Hall–Kier alpha value is -1.56. The van der Waals surface area contributed by atoms with E-state index in [1.807, 2.05) is 12.1 Å². The van der Waals surface area contributed by atoms with Crippen LogP contribution in [-0.4, -0.2) is 20.1 Å². The number of halogens is 2. The van der Waals surface area contributed by atoms with E-state index in [0.717, 1.165) is 5.56 Å². The fourth-order valence-electron chi connectivity index (χ4n) is 2.20. The molecule has 1 amide bonds. The second-order valence-corrected chi connectivity index (χ2v) is 8.29. The van der Waals surface area contributed by atoms with Crippen LogP contribution in [0.25, 0.3) is 0 Å². The molecule has 7 heteroatoms. The molecule has 1 N–H and O–H groups in total. The molecule has 0 aliphatic heterocycles. The standard InChI is InChI=1S/C17H17Cl2NO3S/c1-12(15-4-2-3-5-16(15)19)20-17(21)10-11-24(22,23)14-8-6-13(18)7-9-14/h2-9,12H,10-11H2,1H3,(H,20,21). The van der Waals surface area contributed by atoms with Crippen LogP contribution in [0.4, 0.5) is 0 Å². The molecule has 0 radical (unpaired) electrons. The molecule has 0 spiro atoms. The van der Waals surface area contributed by atoms with Crippen LogP contribution in [0.1, 0.15) is 24.9 Å². The fourth-order valence-corrected chi connectivity index (χ4v) is 3.87. The topological polar surface area (TPSA) is 63.2 Å². The van der Waals surface area contributed by atoms with Crippen LogP contribution in [0.3, 0.4) is 0 Å². The van der Waals surface area contributed by atoms with Gasteiger partial charge in [-0.2, -0.15) is 0 Å². The molecule has 0 saturated carbocycles. The Bertz CT molecular complexity index is 820. The minimum Gasteiger partial charge on any atom is -0.350 e. The van der Waals surface area contributed by atoms with Crippen LogP contribution in [0.5, 0.6) is 0 Å². The van der Waals surface area contributed by atoms with E-state index in [1.165, 1.54) is 24.3 Å². The summed E-state index contributed by atoms with van der Waals surface area (Å²) in [6.45, 7) is 1.80. The molecule has 0 aliphatic carbocycles. The summed E-state index contributed by atoms with van der Waals surface area (Å²) >= 11 is 11.8. The Kier molecular flexibility index (Phi) is 6.27. The summed E-state index contributed by atoms with van der Waals surface area (Å²) in [7, 11) is -3.53. The third-order valence-corrected chi connectivity index (χ3v) is 5.85. The van der Waals surface area contributed by atoms with Gasteiger partial charge in [-0.3, -0.25) is 4.79 Å². The van der Waals surface area contributed by atoms with E-state index >= 15 is 0 Å². The molecule has 0 saturated heterocycles.